The number of carbonyl (C=O) groups excluding carboxylic acids is 1. The molecule has 0 rings (SSSR count). The summed E-state index contributed by atoms with van der Waals surface area (Å²) < 4.78 is 0. The third-order valence-corrected chi connectivity index (χ3v) is 13.7. The quantitative estimate of drug-likeness (QED) is 0.0420. The number of hydrogen-bond acceptors (Lipinski definition) is 3. The summed E-state index contributed by atoms with van der Waals surface area (Å²) in [6, 6.07) is -0.630. The molecule has 0 aliphatic rings. The van der Waals surface area contributed by atoms with Crippen LogP contribution in [0, 0.1) is 0 Å². The van der Waals surface area contributed by atoms with Crippen LogP contribution in [0.25, 0.3) is 0 Å². The Morgan fingerprint density at radius 1 is 0.342 bits per heavy atom. The summed E-state index contributed by atoms with van der Waals surface area (Å²) in [5, 5.41) is 23.2. The third-order valence-electron chi connectivity index (χ3n) is 13.7. The van der Waals surface area contributed by atoms with Crippen molar-refractivity contribution < 1.29 is 15.0 Å². The molecule has 0 spiro atoms. The normalized spacial score (nSPS) is 13.6. The van der Waals surface area contributed by atoms with Gasteiger partial charge in [-0.05, 0) is 89.9 Å². The number of aliphatic hydroxyl groups is 2. The van der Waals surface area contributed by atoms with Gasteiger partial charge < -0.3 is 15.5 Å². The van der Waals surface area contributed by atoms with E-state index in [9.17, 15) is 15.0 Å². The maximum atomic E-state index is 12.5. The Morgan fingerprint density at radius 3 is 0.904 bits per heavy atom. The van der Waals surface area contributed by atoms with Crippen LogP contribution >= 0.6 is 0 Å². The number of rotatable bonds is 56. The Balaban J connectivity index is 3.55. The summed E-state index contributed by atoms with van der Waals surface area (Å²) in [6.07, 6.45) is 96.6. The van der Waals surface area contributed by atoms with Crippen LogP contribution in [0.3, 0.4) is 0 Å². The fraction of sp³-hybridized carbons (Fsp3) is 0.696. The van der Waals surface area contributed by atoms with E-state index in [2.05, 4.69) is 129 Å². The highest BCUT2D eigenvalue weighted by Gasteiger charge is 2.18. The van der Waals surface area contributed by atoms with Crippen LogP contribution in [0.1, 0.15) is 290 Å². The first-order chi connectivity index (χ1) is 36.2. The number of unbranched alkanes of at least 4 members (excludes halogenated alkanes) is 31. The van der Waals surface area contributed by atoms with Gasteiger partial charge in [0.15, 0.2) is 0 Å². The lowest BCUT2D eigenvalue weighted by Crippen LogP contribution is -2.45. The molecule has 0 saturated heterocycles. The number of hydrogen-bond donors (Lipinski definition) is 3. The highest BCUT2D eigenvalue weighted by atomic mass is 16.3. The number of aliphatic hydroxyl groups excluding tert-OH is 2. The first-order valence-corrected chi connectivity index (χ1v) is 31.2. The summed E-state index contributed by atoms with van der Waals surface area (Å²) in [5.74, 6) is -0.0670. The lowest BCUT2D eigenvalue weighted by atomic mass is 10.0. The maximum Gasteiger partial charge on any atom is 0.220 e. The van der Waals surface area contributed by atoms with E-state index in [0.29, 0.717) is 6.42 Å². The van der Waals surface area contributed by atoms with Gasteiger partial charge in [0.1, 0.15) is 0 Å². The van der Waals surface area contributed by atoms with Crippen molar-refractivity contribution in [1.82, 2.24) is 5.32 Å². The van der Waals surface area contributed by atoms with Crippen LogP contribution in [0.15, 0.2) is 122 Å². The van der Waals surface area contributed by atoms with Crippen LogP contribution in [0.4, 0.5) is 0 Å². The molecule has 73 heavy (non-hydrogen) atoms. The van der Waals surface area contributed by atoms with E-state index in [1.54, 1.807) is 6.08 Å². The standard InChI is InChI=1S/C69H119NO3/c1-3-5-7-9-11-13-15-17-19-21-23-25-26-27-28-29-30-31-32-33-34-35-36-37-38-39-40-41-42-43-44-45-47-49-51-53-55-57-59-61-63-65-69(73)70-67(66-71)68(72)64-62-60-58-56-54-52-50-48-46-24-22-20-18-16-14-12-10-8-6-4-2/h5,7,11,13,17,19,23,25,27-28,30-31,33-34,36-37,39-40,62,64,67-68,71-72H,3-4,6,8-10,12,14-16,18,20-22,24,26,29,32,35,38,41-61,63,65-66H2,1-2H3,(H,70,73)/b7-5-,13-11-,19-17-,25-23-,28-27-,31-30-,34-33-,37-36-,40-39-,64-62+. The van der Waals surface area contributed by atoms with Crippen LogP contribution < -0.4 is 5.32 Å². The van der Waals surface area contributed by atoms with E-state index in [1.807, 2.05) is 6.08 Å². The van der Waals surface area contributed by atoms with Crippen molar-refractivity contribution in [3.8, 4) is 0 Å². The molecule has 0 aromatic carbocycles. The van der Waals surface area contributed by atoms with Crippen molar-refractivity contribution in [2.24, 2.45) is 0 Å². The second kappa shape index (κ2) is 63.1. The predicted octanol–water partition coefficient (Wildman–Crippen LogP) is 21.2. The van der Waals surface area contributed by atoms with Gasteiger partial charge in [-0.3, -0.25) is 4.79 Å². The van der Waals surface area contributed by atoms with E-state index in [0.717, 1.165) is 83.5 Å². The molecule has 2 unspecified atom stereocenters. The van der Waals surface area contributed by atoms with E-state index >= 15 is 0 Å². The number of amides is 1. The second-order valence-corrected chi connectivity index (χ2v) is 20.7. The molecule has 0 saturated carbocycles. The molecule has 4 heteroatoms. The van der Waals surface area contributed by atoms with Crippen LogP contribution in [0.5, 0.6) is 0 Å². The van der Waals surface area contributed by atoms with Gasteiger partial charge >= 0.3 is 0 Å². The smallest absolute Gasteiger partial charge is 0.220 e. The molecule has 1 amide bonds. The molecule has 418 valence electrons. The lowest BCUT2D eigenvalue weighted by Gasteiger charge is -2.20. The fourth-order valence-electron chi connectivity index (χ4n) is 9.00. The summed E-state index contributed by atoms with van der Waals surface area (Å²) in [7, 11) is 0. The molecular formula is C69H119NO3. The topological polar surface area (TPSA) is 69.6 Å². The van der Waals surface area contributed by atoms with Gasteiger partial charge in [0.05, 0.1) is 18.8 Å². The zero-order valence-corrected chi connectivity index (χ0v) is 48.1. The first-order valence-electron chi connectivity index (χ1n) is 31.2. The Hall–Kier alpha value is -3.21. The Bertz CT molecular complexity index is 1420. The number of carbonyl (C=O) groups is 1. The zero-order valence-electron chi connectivity index (χ0n) is 48.1. The van der Waals surface area contributed by atoms with Crippen LogP contribution in [-0.2, 0) is 4.79 Å². The van der Waals surface area contributed by atoms with Gasteiger partial charge in [0, 0.05) is 6.42 Å². The molecule has 0 aromatic heterocycles. The Kier molecular flexibility index (Phi) is 60.3. The largest absolute Gasteiger partial charge is 0.394 e. The Labute approximate surface area is 454 Å². The van der Waals surface area contributed by atoms with Crippen molar-refractivity contribution in [3.05, 3.63) is 122 Å². The van der Waals surface area contributed by atoms with Crippen molar-refractivity contribution in [2.45, 2.75) is 302 Å². The zero-order chi connectivity index (χ0) is 52.7. The van der Waals surface area contributed by atoms with Crippen molar-refractivity contribution >= 4 is 5.91 Å². The SMILES string of the molecule is CC/C=C\C/C=C\C/C=C\C/C=C\C/C=C\C/C=C\C/C=C\C/C=C\C/C=C\CCCCCCCCCCCCCCCC(=O)NC(CO)C(O)/C=C/CCCCCCCCCCCCCCCCCCCC. The van der Waals surface area contributed by atoms with Gasteiger partial charge in [-0.25, -0.2) is 0 Å². The summed E-state index contributed by atoms with van der Waals surface area (Å²) in [6.45, 7) is 4.21. The highest BCUT2D eigenvalue weighted by molar-refractivity contribution is 5.76. The average Bonchev–Trinajstić information content (AvgIpc) is 3.40. The molecule has 0 aliphatic carbocycles. The Morgan fingerprint density at radius 2 is 0.603 bits per heavy atom. The van der Waals surface area contributed by atoms with Crippen LogP contribution in [-0.4, -0.2) is 34.9 Å². The van der Waals surface area contributed by atoms with Crippen molar-refractivity contribution in [2.75, 3.05) is 6.61 Å². The molecule has 0 heterocycles. The third kappa shape index (κ3) is 59.5. The monoisotopic (exact) mass is 1010 g/mol. The van der Waals surface area contributed by atoms with E-state index < -0.39 is 12.1 Å². The lowest BCUT2D eigenvalue weighted by molar-refractivity contribution is -0.123. The summed E-state index contributed by atoms with van der Waals surface area (Å²) in [5.41, 5.74) is 0. The van der Waals surface area contributed by atoms with Crippen LogP contribution in [0.2, 0.25) is 0 Å². The van der Waals surface area contributed by atoms with Gasteiger partial charge in [-0.15, -0.1) is 0 Å². The molecule has 3 N–H and O–H groups in total. The summed E-state index contributed by atoms with van der Waals surface area (Å²) in [4.78, 5) is 12.5. The predicted molar refractivity (Wildman–Crippen MR) is 326 cm³/mol. The second-order valence-electron chi connectivity index (χ2n) is 20.7. The van der Waals surface area contributed by atoms with Gasteiger partial charge in [-0.2, -0.15) is 0 Å². The number of nitrogens with one attached hydrogen (secondary N) is 1. The average molecular weight is 1010 g/mol. The maximum absolute atomic E-state index is 12.5. The highest BCUT2D eigenvalue weighted by Crippen LogP contribution is 2.16. The van der Waals surface area contributed by atoms with Crippen molar-refractivity contribution in [1.29, 1.82) is 0 Å². The molecule has 0 aromatic rings. The van der Waals surface area contributed by atoms with E-state index in [4.69, 9.17) is 0 Å². The minimum Gasteiger partial charge on any atom is -0.394 e. The first kappa shape index (κ1) is 69.8. The molecule has 0 bridgehead atoms. The molecule has 2 atom stereocenters. The number of allylic oxidation sites excluding steroid dienone is 19. The van der Waals surface area contributed by atoms with Crippen molar-refractivity contribution in [3.63, 3.8) is 0 Å². The van der Waals surface area contributed by atoms with E-state index in [-0.39, 0.29) is 12.5 Å². The summed E-state index contributed by atoms with van der Waals surface area (Å²) >= 11 is 0. The van der Waals surface area contributed by atoms with E-state index in [1.165, 1.54) is 186 Å². The molecule has 0 radical (unpaired) electrons. The molecule has 4 nitrogen and oxygen atoms in total. The van der Waals surface area contributed by atoms with Gasteiger partial charge in [0.2, 0.25) is 5.91 Å². The fourth-order valence-corrected chi connectivity index (χ4v) is 9.00. The minimum atomic E-state index is -0.846. The van der Waals surface area contributed by atoms with Gasteiger partial charge in [-0.1, -0.05) is 315 Å². The molecule has 0 aliphatic heterocycles. The molecule has 0 fully saturated rings. The van der Waals surface area contributed by atoms with Gasteiger partial charge in [0.25, 0.3) is 0 Å². The molecular weight excluding hydrogens is 891 g/mol. The minimum absolute atomic E-state index is 0.0670.